The van der Waals surface area contributed by atoms with E-state index in [-0.39, 0.29) is 10.9 Å². The third-order valence-electron chi connectivity index (χ3n) is 2.93. The van der Waals surface area contributed by atoms with E-state index < -0.39 is 27.9 Å². The normalized spacial score (nSPS) is 24.0. The molecule has 1 aromatic carbocycles. The van der Waals surface area contributed by atoms with Crippen LogP contribution in [0.15, 0.2) is 29.2 Å². The van der Waals surface area contributed by atoms with E-state index in [1.54, 1.807) is 0 Å². The maximum atomic E-state index is 12.3. The molecule has 0 radical (unpaired) electrons. The molecule has 0 unspecified atom stereocenters. The second-order valence-corrected chi connectivity index (χ2v) is 6.18. The number of benzene rings is 1. The Morgan fingerprint density at radius 2 is 1.68 bits per heavy atom. The summed E-state index contributed by atoms with van der Waals surface area (Å²) in [6, 6.07) is 2.93. The quantitative estimate of drug-likeness (QED) is 0.888. The van der Waals surface area contributed by atoms with Gasteiger partial charge < -0.3 is 5.11 Å². The van der Waals surface area contributed by atoms with Gasteiger partial charge in [0.1, 0.15) is 0 Å². The lowest BCUT2D eigenvalue weighted by Gasteiger charge is -2.31. The minimum absolute atomic E-state index is 0.220. The SMILES string of the molecule is O=S(=O)(NC1CC(O)C1)c1ccc(C(F)(F)F)cc1. The fourth-order valence-corrected chi connectivity index (χ4v) is 3.06. The topological polar surface area (TPSA) is 66.4 Å². The van der Waals surface area contributed by atoms with E-state index >= 15 is 0 Å². The lowest BCUT2D eigenvalue weighted by molar-refractivity contribution is -0.137. The molecule has 1 saturated carbocycles. The van der Waals surface area contributed by atoms with Crippen LogP contribution in [0.25, 0.3) is 0 Å². The Bertz CT molecular complexity index is 548. The summed E-state index contributed by atoms with van der Waals surface area (Å²) >= 11 is 0. The highest BCUT2D eigenvalue weighted by atomic mass is 32.2. The molecule has 1 aliphatic rings. The minimum atomic E-state index is -4.49. The molecule has 0 amide bonds. The van der Waals surface area contributed by atoms with Gasteiger partial charge in [0.2, 0.25) is 10.0 Å². The van der Waals surface area contributed by atoms with Crippen LogP contribution in [0.5, 0.6) is 0 Å². The van der Waals surface area contributed by atoms with E-state index in [0.29, 0.717) is 12.8 Å². The Balaban J connectivity index is 2.13. The Labute approximate surface area is 108 Å². The summed E-state index contributed by atoms with van der Waals surface area (Å²) < 4.78 is 63.0. The lowest BCUT2D eigenvalue weighted by atomic mass is 9.91. The summed E-state index contributed by atoms with van der Waals surface area (Å²) in [5.41, 5.74) is -0.898. The first-order valence-electron chi connectivity index (χ1n) is 5.56. The number of aliphatic hydroxyl groups is 1. The molecule has 1 fully saturated rings. The van der Waals surface area contributed by atoms with Crippen molar-refractivity contribution in [1.29, 1.82) is 0 Å². The average molecular weight is 295 g/mol. The first-order valence-corrected chi connectivity index (χ1v) is 7.04. The highest BCUT2D eigenvalue weighted by Gasteiger charge is 2.33. The van der Waals surface area contributed by atoms with Crippen LogP contribution in [0.3, 0.4) is 0 Å². The van der Waals surface area contributed by atoms with Gasteiger partial charge in [-0.05, 0) is 37.1 Å². The smallest absolute Gasteiger partial charge is 0.393 e. The van der Waals surface area contributed by atoms with Gasteiger partial charge in [0, 0.05) is 6.04 Å². The highest BCUT2D eigenvalue weighted by Crippen LogP contribution is 2.30. The molecule has 1 aromatic rings. The molecule has 4 nitrogen and oxygen atoms in total. The van der Waals surface area contributed by atoms with Crippen LogP contribution >= 0.6 is 0 Å². The van der Waals surface area contributed by atoms with Gasteiger partial charge in [-0.15, -0.1) is 0 Å². The zero-order valence-electron chi connectivity index (χ0n) is 9.68. The van der Waals surface area contributed by atoms with Gasteiger partial charge in [-0.3, -0.25) is 0 Å². The Morgan fingerprint density at radius 1 is 1.16 bits per heavy atom. The zero-order chi connectivity index (χ0) is 14.3. The number of hydrogen-bond donors (Lipinski definition) is 2. The van der Waals surface area contributed by atoms with Gasteiger partial charge in [-0.2, -0.15) is 13.2 Å². The van der Waals surface area contributed by atoms with Gasteiger partial charge in [-0.1, -0.05) is 0 Å². The zero-order valence-corrected chi connectivity index (χ0v) is 10.5. The monoisotopic (exact) mass is 295 g/mol. The van der Waals surface area contributed by atoms with Crippen molar-refractivity contribution in [3.05, 3.63) is 29.8 Å². The van der Waals surface area contributed by atoms with Crippen molar-refractivity contribution in [3.8, 4) is 0 Å². The van der Waals surface area contributed by atoms with Crippen molar-refractivity contribution >= 4 is 10.0 Å². The number of halogens is 3. The van der Waals surface area contributed by atoms with Crippen molar-refractivity contribution in [1.82, 2.24) is 4.72 Å². The summed E-state index contributed by atoms with van der Waals surface area (Å²) in [5, 5.41) is 9.05. The fraction of sp³-hybridized carbons (Fsp3) is 0.455. The van der Waals surface area contributed by atoms with Crippen molar-refractivity contribution in [3.63, 3.8) is 0 Å². The number of alkyl halides is 3. The molecule has 106 valence electrons. The van der Waals surface area contributed by atoms with E-state index in [1.165, 1.54) is 0 Å². The van der Waals surface area contributed by atoms with Crippen molar-refractivity contribution in [2.75, 3.05) is 0 Å². The molecule has 19 heavy (non-hydrogen) atoms. The van der Waals surface area contributed by atoms with Gasteiger partial charge in [0.15, 0.2) is 0 Å². The molecule has 0 heterocycles. The summed E-state index contributed by atoms with van der Waals surface area (Å²) in [4.78, 5) is -0.220. The molecule has 1 aliphatic carbocycles. The van der Waals surface area contributed by atoms with Crippen LogP contribution in [0, 0.1) is 0 Å². The van der Waals surface area contributed by atoms with E-state index in [4.69, 9.17) is 5.11 Å². The van der Waals surface area contributed by atoms with E-state index in [0.717, 1.165) is 24.3 Å². The molecule has 2 N–H and O–H groups in total. The van der Waals surface area contributed by atoms with E-state index in [9.17, 15) is 21.6 Å². The van der Waals surface area contributed by atoms with Crippen LogP contribution in [0.4, 0.5) is 13.2 Å². The largest absolute Gasteiger partial charge is 0.416 e. The van der Waals surface area contributed by atoms with Gasteiger partial charge in [-0.25, -0.2) is 13.1 Å². The van der Waals surface area contributed by atoms with Crippen molar-refractivity contribution in [2.24, 2.45) is 0 Å². The number of nitrogens with one attached hydrogen (secondary N) is 1. The third-order valence-corrected chi connectivity index (χ3v) is 4.46. The molecule has 2 rings (SSSR count). The molecule has 0 spiro atoms. The minimum Gasteiger partial charge on any atom is -0.393 e. The Morgan fingerprint density at radius 3 is 2.11 bits per heavy atom. The van der Waals surface area contributed by atoms with Crippen LogP contribution in [0.2, 0.25) is 0 Å². The fourth-order valence-electron chi connectivity index (χ4n) is 1.79. The molecule has 0 aromatic heterocycles. The standard InChI is InChI=1S/C11H12F3NO3S/c12-11(13,14)7-1-3-10(4-2-7)19(17,18)15-8-5-9(16)6-8/h1-4,8-9,15-16H,5-6H2. The second kappa shape index (κ2) is 4.77. The average Bonchev–Trinajstić information content (AvgIpc) is 2.26. The molecule has 0 atom stereocenters. The number of rotatable bonds is 3. The van der Waals surface area contributed by atoms with Crippen LogP contribution in [-0.4, -0.2) is 25.7 Å². The third kappa shape index (κ3) is 3.26. The summed E-state index contributed by atoms with van der Waals surface area (Å²) in [5.74, 6) is 0. The number of aliphatic hydroxyl groups excluding tert-OH is 1. The Kier molecular flexibility index (Phi) is 3.59. The maximum absolute atomic E-state index is 12.3. The first-order chi connectivity index (χ1) is 8.68. The molecule has 0 bridgehead atoms. The predicted molar refractivity (Wildman–Crippen MR) is 60.8 cm³/mol. The lowest BCUT2D eigenvalue weighted by Crippen LogP contribution is -2.46. The first kappa shape index (κ1) is 14.3. The summed E-state index contributed by atoms with van der Waals surface area (Å²) in [6.45, 7) is 0. The van der Waals surface area contributed by atoms with Crippen LogP contribution in [0.1, 0.15) is 18.4 Å². The van der Waals surface area contributed by atoms with Crippen LogP contribution in [-0.2, 0) is 16.2 Å². The van der Waals surface area contributed by atoms with Crippen molar-refractivity contribution < 1.29 is 26.7 Å². The predicted octanol–water partition coefficient (Wildman–Crippen LogP) is 1.51. The number of sulfonamides is 1. The molecular formula is C11H12F3NO3S. The second-order valence-electron chi connectivity index (χ2n) is 4.47. The Hall–Kier alpha value is -1.12. The van der Waals surface area contributed by atoms with Gasteiger partial charge in [0.25, 0.3) is 0 Å². The summed E-state index contributed by atoms with van der Waals surface area (Å²) in [6.07, 6.45) is -4.37. The number of hydrogen-bond acceptors (Lipinski definition) is 3. The van der Waals surface area contributed by atoms with Crippen LogP contribution < -0.4 is 4.72 Å². The molecule has 8 heteroatoms. The molecule has 0 aliphatic heterocycles. The molecule has 0 saturated heterocycles. The van der Waals surface area contributed by atoms with E-state index in [2.05, 4.69) is 4.72 Å². The van der Waals surface area contributed by atoms with E-state index in [1.807, 2.05) is 0 Å². The highest BCUT2D eigenvalue weighted by molar-refractivity contribution is 7.89. The van der Waals surface area contributed by atoms with Gasteiger partial charge >= 0.3 is 6.18 Å². The maximum Gasteiger partial charge on any atom is 0.416 e. The summed E-state index contributed by atoms with van der Waals surface area (Å²) in [7, 11) is -3.83. The molecular weight excluding hydrogens is 283 g/mol. The van der Waals surface area contributed by atoms with Gasteiger partial charge in [0.05, 0.1) is 16.6 Å². The van der Waals surface area contributed by atoms with Crippen molar-refractivity contribution in [2.45, 2.75) is 36.1 Å².